The number of hydrogen-bond acceptors (Lipinski definition) is 5. The Morgan fingerprint density at radius 1 is 1.03 bits per heavy atom. The first-order chi connectivity index (χ1) is 17.0. The lowest BCUT2D eigenvalue weighted by atomic mass is 10.1. The molecule has 4 N–H and O–H groups in total. The Kier molecular flexibility index (Phi) is 5.60. The second kappa shape index (κ2) is 9.03. The van der Waals surface area contributed by atoms with Crippen molar-refractivity contribution in [2.75, 3.05) is 11.1 Å². The molecule has 35 heavy (non-hydrogen) atoms. The molecule has 0 aliphatic rings. The Labute approximate surface area is 200 Å². The van der Waals surface area contributed by atoms with Gasteiger partial charge in [0.05, 0.1) is 5.39 Å². The van der Waals surface area contributed by atoms with Crippen LogP contribution in [0.3, 0.4) is 0 Å². The Bertz CT molecular complexity index is 1600. The average molecular weight is 463 g/mol. The number of nitrogen functional groups attached to an aromatic ring is 1. The van der Waals surface area contributed by atoms with Gasteiger partial charge in [-0.05, 0) is 54.1 Å². The third-order valence-electron chi connectivity index (χ3n) is 5.48. The summed E-state index contributed by atoms with van der Waals surface area (Å²) in [6, 6.07) is 24.1. The predicted octanol–water partition coefficient (Wildman–Crippen LogP) is 4.88. The van der Waals surface area contributed by atoms with Gasteiger partial charge >= 0.3 is 0 Å². The molecule has 5 rings (SSSR count). The number of nitrogens with one attached hydrogen (secondary N) is 2. The van der Waals surface area contributed by atoms with Crippen molar-refractivity contribution in [1.82, 2.24) is 14.8 Å². The average Bonchev–Trinajstić information content (AvgIpc) is 3.30. The molecule has 2 aromatic heterocycles. The van der Waals surface area contributed by atoms with Gasteiger partial charge in [0.1, 0.15) is 17.0 Å². The van der Waals surface area contributed by atoms with Crippen LogP contribution in [0.25, 0.3) is 27.7 Å². The molecule has 0 saturated heterocycles. The molecule has 0 bridgehead atoms. The SMILES string of the molecule is C=CC(=O)Nc1cccc(-n2cc(-c3ccc(Oc4ccccc4)cc3)c3c(N)n[nH]c(=O)c32)c1. The van der Waals surface area contributed by atoms with Crippen molar-refractivity contribution in [2.24, 2.45) is 0 Å². The van der Waals surface area contributed by atoms with Gasteiger partial charge in [-0.15, -0.1) is 0 Å². The Morgan fingerprint density at radius 2 is 1.77 bits per heavy atom. The number of benzene rings is 3. The van der Waals surface area contributed by atoms with E-state index in [1.165, 1.54) is 6.08 Å². The van der Waals surface area contributed by atoms with Gasteiger partial charge in [0.25, 0.3) is 5.56 Å². The molecule has 5 aromatic rings. The van der Waals surface area contributed by atoms with Crippen molar-refractivity contribution in [3.63, 3.8) is 0 Å². The third kappa shape index (κ3) is 4.28. The molecule has 2 heterocycles. The van der Waals surface area contributed by atoms with Crippen LogP contribution in [-0.2, 0) is 4.79 Å². The number of nitrogens with two attached hydrogens (primary N) is 1. The summed E-state index contributed by atoms with van der Waals surface area (Å²) in [5.41, 5.74) is 8.99. The first-order valence-corrected chi connectivity index (χ1v) is 10.8. The van der Waals surface area contributed by atoms with Crippen LogP contribution in [0.2, 0.25) is 0 Å². The molecule has 0 atom stereocenters. The second-order valence-electron chi connectivity index (χ2n) is 7.76. The smallest absolute Gasteiger partial charge is 0.289 e. The largest absolute Gasteiger partial charge is 0.457 e. The molecule has 0 spiro atoms. The third-order valence-corrected chi connectivity index (χ3v) is 5.48. The van der Waals surface area contributed by atoms with Gasteiger partial charge in [-0.25, -0.2) is 5.10 Å². The Hall–Kier alpha value is -5.11. The lowest BCUT2D eigenvalue weighted by molar-refractivity contribution is -0.111. The summed E-state index contributed by atoms with van der Waals surface area (Å²) < 4.78 is 7.62. The van der Waals surface area contributed by atoms with E-state index in [9.17, 15) is 9.59 Å². The monoisotopic (exact) mass is 463 g/mol. The highest BCUT2D eigenvalue weighted by atomic mass is 16.5. The summed E-state index contributed by atoms with van der Waals surface area (Å²) in [6.45, 7) is 3.47. The van der Waals surface area contributed by atoms with E-state index in [-0.39, 0.29) is 17.3 Å². The quantitative estimate of drug-likeness (QED) is 0.311. The summed E-state index contributed by atoms with van der Waals surface area (Å²) in [4.78, 5) is 24.6. The van der Waals surface area contributed by atoms with Crippen molar-refractivity contribution >= 4 is 28.3 Å². The lowest BCUT2D eigenvalue weighted by Gasteiger charge is -2.08. The first kappa shape index (κ1) is 21.7. The number of H-pyrrole nitrogens is 1. The zero-order chi connectivity index (χ0) is 24.4. The van der Waals surface area contributed by atoms with Gasteiger partial charge in [-0.3, -0.25) is 9.59 Å². The summed E-state index contributed by atoms with van der Waals surface area (Å²) in [7, 11) is 0. The molecule has 0 radical (unpaired) electrons. The van der Waals surface area contributed by atoms with Crippen molar-refractivity contribution < 1.29 is 9.53 Å². The number of amides is 1. The van der Waals surface area contributed by atoms with E-state index in [0.717, 1.165) is 16.9 Å². The fourth-order valence-electron chi connectivity index (χ4n) is 3.88. The number of nitrogens with zero attached hydrogens (tertiary/aromatic N) is 2. The number of fused-ring (bicyclic) bond motifs is 1. The summed E-state index contributed by atoms with van der Waals surface area (Å²) in [5, 5.41) is 9.70. The van der Waals surface area contributed by atoms with Gasteiger partial charge in [0.2, 0.25) is 5.91 Å². The molecule has 3 aromatic carbocycles. The van der Waals surface area contributed by atoms with E-state index in [1.54, 1.807) is 22.8 Å². The fourth-order valence-corrected chi connectivity index (χ4v) is 3.88. The number of hydrogen-bond donors (Lipinski definition) is 3. The molecule has 1 amide bonds. The van der Waals surface area contributed by atoms with Crippen molar-refractivity contribution in [3.05, 3.63) is 108 Å². The number of para-hydroxylation sites is 1. The molecule has 8 heteroatoms. The highest BCUT2D eigenvalue weighted by Gasteiger charge is 2.18. The van der Waals surface area contributed by atoms with Crippen LogP contribution < -0.4 is 21.3 Å². The number of aromatic nitrogens is 3. The minimum Gasteiger partial charge on any atom is -0.457 e. The minimum atomic E-state index is -0.384. The molecule has 0 unspecified atom stereocenters. The highest BCUT2D eigenvalue weighted by molar-refractivity contribution is 6.03. The van der Waals surface area contributed by atoms with Crippen molar-refractivity contribution in [1.29, 1.82) is 0 Å². The van der Waals surface area contributed by atoms with Gasteiger partial charge in [-0.1, -0.05) is 43.0 Å². The molecule has 0 saturated carbocycles. The van der Waals surface area contributed by atoms with E-state index >= 15 is 0 Å². The van der Waals surface area contributed by atoms with E-state index in [1.807, 2.05) is 66.9 Å². The topological polar surface area (TPSA) is 115 Å². The van der Waals surface area contributed by atoms with Crippen LogP contribution in [0.4, 0.5) is 11.5 Å². The second-order valence-corrected chi connectivity index (χ2v) is 7.76. The number of ether oxygens (including phenoxy) is 1. The fraction of sp³-hybridized carbons (Fsp3) is 0. The van der Waals surface area contributed by atoms with Gasteiger partial charge in [-0.2, -0.15) is 5.10 Å². The number of carbonyl (C=O) groups excluding carboxylic acids is 1. The highest BCUT2D eigenvalue weighted by Crippen LogP contribution is 2.35. The van der Waals surface area contributed by atoms with Crippen LogP contribution in [0.1, 0.15) is 0 Å². The number of carbonyl (C=O) groups is 1. The minimum absolute atomic E-state index is 0.203. The summed E-state index contributed by atoms with van der Waals surface area (Å²) >= 11 is 0. The summed E-state index contributed by atoms with van der Waals surface area (Å²) in [6.07, 6.45) is 3.03. The van der Waals surface area contributed by atoms with E-state index in [0.29, 0.717) is 28.0 Å². The van der Waals surface area contributed by atoms with Crippen LogP contribution in [0.5, 0.6) is 11.5 Å². The molecule has 0 aliphatic heterocycles. The van der Waals surface area contributed by atoms with E-state index in [4.69, 9.17) is 10.5 Å². The maximum atomic E-state index is 12.8. The first-order valence-electron chi connectivity index (χ1n) is 10.8. The Morgan fingerprint density at radius 3 is 2.51 bits per heavy atom. The molecule has 0 fully saturated rings. The zero-order valence-corrected chi connectivity index (χ0v) is 18.6. The maximum Gasteiger partial charge on any atom is 0.289 e. The van der Waals surface area contributed by atoms with Crippen LogP contribution >= 0.6 is 0 Å². The Balaban J connectivity index is 1.60. The number of rotatable bonds is 6. The maximum absolute atomic E-state index is 12.8. The molecular weight excluding hydrogens is 442 g/mol. The number of aromatic amines is 1. The standard InChI is InChI=1S/C27H21N5O3/c1-2-23(33)29-18-7-6-8-19(15-18)32-16-22(24-25(32)27(34)31-30-26(24)28)17-11-13-21(14-12-17)35-20-9-4-3-5-10-20/h2-16H,1H2,(H2,28,30)(H,29,33)(H,31,34). The lowest BCUT2D eigenvalue weighted by Crippen LogP contribution is -2.13. The van der Waals surface area contributed by atoms with Gasteiger partial charge in [0.15, 0.2) is 5.82 Å². The zero-order valence-electron chi connectivity index (χ0n) is 18.6. The van der Waals surface area contributed by atoms with Crippen LogP contribution in [0, 0.1) is 0 Å². The predicted molar refractivity (Wildman–Crippen MR) is 137 cm³/mol. The van der Waals surface area contributed by atoms with E-state index < -0.39 is 0 Å². The van der Waals surface area contributed by atoms with Crippen LogP contribution in [0.15, 0.2) is 103 Å². The normalized spacial score (nSPS) is 10.7. The van der Waals surface area contributed by atoms with Crippen LogP contribution in [-0.4, -0.2) is 20.7 Å². The van der Waals surface area contributed by atoms with Gasteiger partial charge < -0.3 is 20.4 Å². The molecule has 0 aliphatic carbocycles. The molecular formula is C27H21N5O3. The van der Waals surface area contributed by atoms with E-state index in [2.05, 4.69) is 22.1 Å². The molecule has 172 valence electrons. The molecule has 8 nitrogen and oxygen atoms in total. The summed E-state index contributed by atoms with van der Waals surface area (Å²) in [5.74, 6) is 1.29. The van der Waals surface area contributed by atoms with Crippen molar-refractivity contribution in [2.45, 2.75) is 0 Å². The van der Waals surface area contributed by atoms with Gasteiger partial charge in [0, 0.05) is 23.1 Å². The van der Waals surface area contributed by atoms with Crippen molar-refractivity contribution in [3.8, 4) is 28.3 Å². The number of anilines is 2.